The third-order valence-corrected chi connectivity index (χ3v) is 6.33. The van der Waals surface area contributed by atoms with E-state index in [0.717, 1.165) is 54.8 Å². The van der Waals surface area contributed by atoms with Crippen LogP contribution in [0, 0.1) is 6.92 Å². The third kappa shape index (κ3) is 4.33. The van der Waals surface area contributed by atoms with E-state index in [1.54, 1.807) is 4.52 Å². The summed E-state index contributed by atoms with van der Waals surface area (Å²) in [6.07, 6.45) is 1.88. The Kier molecular flexibility index (Phi) is 5.59. The molecule has 1 aliphatic rings. The summed E-state index contributed by atoms with van der Waals surface area (Å²) >= 11 is 0. The van der Waals surface area contributed by atoms with Crippen molar-refractivity contribution in [3.8, 4) is 17.4 Å². The second-order valence-electron chi connectivity index (χ2n) is 8.96. The van der Waals surface area contributed by atoms with E-state index in [2.05, 4.69) is 49.3 Å². The number of aromatic nitrogens is 6. The number of nitrogens with zero attached hydrogens (tertiary/aromatic N) is 8. The Balaban J connectivity index is 1.24. The lowest BCUT2D eigenvalue weighted by molar-refractivity contribution is 0.147. The van der Waals surface area contributed by atoms with Crippen LogP contribution in [0.15, 0.2) is 53.2 Å². The van der Waals surface area contributed by atoms with Crippen LogP contribution in [-0.4, -0.2) is 73.0 Å². The molecular formula is C25H26N8O2. The highest BCUT2D eigenvalue weighted by Crippen LogP contribution is 2.29. The second-order valence-corrected chi connectivity index (χ2v) is 8.96. The number of rotatable bonds is 6. The van der Waals surface area contributed by atoms with Crippen LogP contribution in [0.1, 0.15) is 17.0 Å². The molecule has 1 fully saturated rings. The van der Waals surface area contributed by atoms with Gasteiger partial charge in [-0.05, 0) is 26.1 Å². The lowest BCUT2D eigenvalue weighted by Gasteiger charge is -2.32. The Hall–Kier alpha value is -3.89. The minimum Gasteiger partial charge on any atom is -0.471 e. The number of fused-ring (bicyclic) bond motifs is 3. The quantitative estimate of drug-likeness (QED) is 0.371. The molecule has 0 N–H and O–H groups in total. The van der Waals surface area contributed by atoms with Crippen LogP contribution < -0.4 is 4.74 Å². The van der Waals surface area contributed by atoms with Gasteiger partial charge in [0.05, 0.1) is 5.69 Å². The predicted molar refractivity (Wildman–Crippen MR) is 130 cm³/mol. The van der Waals surface area contributed by atoms with Crippen molar-refractivity contribution in [1.82, 2.24) is 39.8 Å². The van der Waals surface area contributed by atoms with Gasteiger partial charge >= 0.3 is 0 Å². The maximum Gasteiger partial charge on any atom is 0.240 e. The highest BCUT2D eigenvalue weighted by Gasteiger charge is 2.19. The van der Waals surface area contributed by atoms with E-state index in [9.17, 15) is 0 Å². The van der Waals surface area contributed by atoms with Gasteiger partial charge in [-0.25, -0.2) is 0 Å². The van der Waals surface area contributed by atoms with Crippen molar-refractivity contribution in [1.29, 1.82) is 0 Å². The fourth-order valence-corrected chi connectivity index (χ4v) is 4.31. The molecule has 5 aromatic rings. The fourth-order valence-electron chi connectivity index (χ4n) is 4.31. The maximum absolute atomic E-state index is 6.19. The number of hydrogen-bond donors (Lipinski definition) is 0. The lowest BCUT2D eigenvalue weighted by atomic mass is 10.2. The van der Waals surface area contributed by atoms with Crippen molar-refractivity contribution < 1.29 is 9.26 Å². The van der Waals surface area contributed by atoms with E-state index in [-0.39, 0.29) is 0 Å². The Morgan fingerprint density at radius 2 is 1.83 bits per heavy atom. The largest absolute Gasteiger partial charge is 0.471 e. The lowest BCUT2D eigenvalue weighted by Crippen LogP contribution is -2.44. The molecule has 0 amide bonds. The SMILES string of the molecule is Cc1cc(-c2nnc3c4ccccc4c(OCc4ccc(CN5CCN(C)CC5)nc4)nn23)no1. The van der Waals surface area contributed by atoms with Gasteiger partial charge in [0.15, 0.2) is 11.3 Å². The molecule has 0 radical (unpaired) electrons. The number of piperazine rings is 1. The molecule has 0 unspecified atom stereocenters. The Morgan fingerprint density at radius 3 is 2.57 bits per heavy atom. The molecule has 0 aliphatic carbocycles. The average molecular weight is 471 g/mol. The molecule has 35 heavy (non-hydrogen) atoms. The standard InChI is InChI=1S/C25H26N8O2/c1-17-13-22(30-35-17)24-28-27-23-20-5-3-4-6-21(20)25(29-33(23)24)34-16-18-7-8-19(26-14-18)15-32-11-9-31(2)10-12-32/h3-8,13-14H,9-12,15-16H2,1-2H3. The first-order valence-corrected chi connectivity index (χ1v) is 11.7. The average Bonchev–Trinajstić information content (AvgIpc) is 3.51. The van der Waals surface area contributed by atoms with Crippen molar-refractivity contribution in [2.45, 2.75) is 20.1 Å². The van der Waals surface area contributed by atoms with Gasteiger partial charge in [0.1, 0.15) is 12.4 Å². The topological polar surface area (TPSA) is 97.7 Å². The first kappa shape index (κ1) is 21.6. The minimum atomic E-state index is 0.352. The van der Waals surface area contributed by atoms with Crippen LogP contribution in [0.25, 0.3) is 27.9 Å². The van der Waals surface area contributed by atoms with Crippen LogP contribution in [0.3, 0.4) is 0 Å². The summed E-state index contributed by atoms with van der Waals surface area (Å²) < 4.78 is 13.1. The fraction of sp³-hybridized carbons (Fsp3) is 0.320. The number of ether oxygens (including phenoxy) is 1. The van der Waals surface area contributed by atoms with Crippen molar-refractivity contribution in [3.05, 3.63) is 65.7 Å². The normalized spacial score (nSPS) is 15.3. The second kappa shape index (κ2) is 9.05. The Bertz CT molecular complexity index is 1470. The zero-order valence-electron chi connectivity index (χ0n) is 19.8. The highest BCUT2D eigenvalue weighted by atomic mass is 16.5. The molecule has 0 spiro atoms. The first-order valence-electron chi connectivity index (χ1n) is 11.7. The molecule has 0 bridgehead atoms. The van der Waals surface area contributed by atoms with E-state index in [1.807, 2.05) is 43.5 Å². The van der Waals surface area contributed by atoms with E-state index in [4.69, 9.17) is 14.4 Å². The molecule has 0 atom stereocenters. The van der Waals surface area contributed by atoms with Crippen molar-refractivity contribution >= 4 is 16.4 Å². The van der Waals surface area contributed by atoms with E-state index >= 15 is 0 Å². The molecule has 1 aromatic carbocycles. The zero-order valence-corrected chi connectivity index (χ0v) is 19.8. The molecular weight excluding hydrogens is 444 g/mol. The van der Waals surface area contributed by atoms with Crippen molar-refractivity contribution in [2.75, 3.05) is 33.2 Å². The van der Waals surface area contributed by atoms with Crippen molar-refractivity contribution in [2.24, 2.45) is 0 Å². The molecule has 1 saturated heterocycles. The van der Waals surface area contributed by atoms with Gasteiger partial charge in [0.2, 0.25) is 11.7 Å². The highest BCUT2D eigenvalue weighted by molar-refractivity contribution is 5.96. The molecule has 0 saturated carbocycles. The summed E-state index contributed by atoms with van der Waals surface area (Å²) in [5.41, 5.74) is 3.26. The Morgan fingerprint density at radius 1 is 1.00 bits per heavy atom. The molecule has 178 valence electrons. The van der Waals surface area contributed by atoms with E-state index in [0.29, 0.717) is 35.4 Å². The predicted octanol–water partition coefficient (Wildman–Crippen LogP) is 2.96. The summed E-state index contributed by atoms with van der Waals surface area (Å²) in [6, 6.07) is 13.8. The van der Waals surface area contributed by atoms with Crippen molar-refractivity contribution in [3.63, 3.8) is 0 Å². The molecule has 4 aromatic heterocycles. The smallest absolute Gasteiger partial charge is 0.240 e. The van der Waals surface area contributed by atoms with Crippen LogP contribution in [0.4, 0.5) is 0 Å². The molecule has 1 aliphatic heterocycles. The van der Waals surface area contributed by atoms with Gasteiger partial charge in [0, 0.05) is 61.3 Å². The van der Waals surface area contributed by atoms with Crippen LogP contribution in [-0.2, 0) is 13.2 Å². The molecule has 10 nitrogen and oxygen atoms in total. The van der Waals surface area contributed by atoms with E-state index < -0.39 is 0 Å². The summed E-state index contributed by atoms with van der Waals surface area (Å²) in [5, 5.41) is 19.2. The Labute approximate surface area is 202 Å². The monoisotopic (exact) mass is 470 g/mol. The number of aryl methyl sites for hydroxylation is 1. The van der Waals surface area contributed by atoms with Crippen LogP contribution in [0.5, 0.6) is 5.88 Å². The molecule has 5 heterocycles. The van der Waals surface area contributed by atoms with Gasteiger partial charge in [-0.2, -0.15) is 4.52 Å². The number of benzene rings is 1. The minimum absolute atomic E-state index is 0.352. The van der Waals surface area contributed by atoms with Crippen LogP contribution >= 0.6 is 0 Å². The van der Waals surface area contributed by atoms with Crippen LogP contribution in [0.2, 0.25) is 0 Å². The van der Waals surface area contributed by atoms with Gasteiger partial charge in [-0.1, -0.05) is 29.4 Å². The van der Waals surface area contributed by atoms with Gasteiger partial charge in [0.25, 0.3) is 0 Å². The van der Waals surface area contributed by atoms with E-state index in [1.165, 1.54) is 0 Å². The summed E-state index contributed by atoms with van der Waals surface area (Å²) in [4.78, 5) is 9.46. The molecule has 6 rings (SSSR count). The first-order chi connectivity index (χ1) is 17.1. The number of pyridine rings is 1. The molecule has 10 heteroatoms. The summed E-state index contributed by atoms with van der Waals surface area (Å²) in [7, 11) is 2.17. The number of hydrogen-bond acceptors (Lipinski definition) is 9. The van der Waals surface area contributed by atoms with Gasteiger partial charge in [-0.3, -0.25) is 9.88 Å². The maximum atomic E-state index is 6.19. The van der Waals surface area contributed by atoms with Gasteiger partial charge in [-0.15, -0.1) is 15.3 Å². The zero-order chi connectivity index (χ0) is 23.8. The number of likely N-dealkylation sites (N-methyl/N-ethyl adjacent to an activating group) is 1. The summed E-state index contributed by atoms with van der Waals surface area (Å²) in [6.45, 7) is 7.40. The summed E-state index contributed by atoms with van der Waals surface area (Å²) in [5.74, 6) is 1.69. The third-order valence-electron chi connectivity index (χ3n) is 6.33. The van der Waals surface area contributed by atoms with Gasteiger partial charge < -0.3 is 14.2 Å².